The molecule has 3 aliphatic carbocycles. The van der Waals surface area contributed by atoms with Crippen LogP contribution in [0.1, 0.15) is 53.4 Å². The van der Waals surface area contributed by atoms with Gasteiger partial charge in [0.1, 0.15) is 6.10 Å². The lowest BCUT2D eigenvalue weighted by Crippen LogP contribution is -2.75. The van der Waals surface area contributed by atoms with Gasteiger partial charge in [-0.3, -0.25) is 9.59 Å². The largest absolute Gasteiger partial charge is 0.469 e. The van der Waals surface area contributed by atoms with Gasteiger partial charge in [0.05, 0.1) is 24.7 Å². The summed E-state index contributed by atoms with van der Waals surface area (Å²) < 4.78 is 15.9. The van der Waals surface area contributed by atoms with Crippen molar-refractivity contribution in [3.63, 3.8) is 0 Å². The van der Waals surface area contributed by atoms with Gasteiger partial charge < -0.3 is 29.5 Å². The van der Waals surface area contributed by atoms with Gasteiger partial charge >= 0.3 is 17.9 Å². The van der Waals surface area contributed by atoms with Gasteiger partial charge in [-0.1, -0.05) is 20.8 Å². The molecule has 9 heteroatoms. The molecule has 9 nitrogen and oxygen atoms in total. The monoisotopic (exact) mass is 452 g/mol. The van der Waals surface area contributed by atoms with Crippen molar-refractivity contribution in [1.29, 1.82) is 0 Å². The summed E-state index contributed by atoms with van der Waals surface area (Å²) in [4.78, 5) is 37.2. The van der Waals surface area contributed by atoms with Crippen LogP contribution in [0.4, 0.5) is 0 Å². The van der Waals surface area contributed by atoms with Crippen LogP contribution in [-0.4, -0.2) is 63.9 Å². The first kappa shape index (κ1) is 23.2. The molecule has 0 spiro atoms. The third-order valence-corrected chi connectivity index (χ3v) is 8.89. The number of methoxy groups -OCH3 is 1. The summed E-state index contributed by atoms with van der Waals surface area (Å²) in [5.41, 5.74) is -3.26. The maximum atomic E-state index is 13.0. The van der Waals surface area contributed by atoms with E-state index >= 15 is 0 Å². The smallest absolute Gasteiger partial charge is 0.333 e. The molecule has 0 aromatic carbocycles. The molecule has 0 unspecified atom stereocenters. The summed E-state index contributed by atoms with van der Waals surface area (Å²) in [6.45, 7) is 6.81. The summed E-state index contributed by atoms with van der Waals surface area (Å²) in [6.07, 6.45) is 0.0509. The first-order valence-corrected chi connectivity index (χ1v) is 11.0. The van der Waals surface area contributed by atoms with Gasteiger partial charge in [0.25, 0.3) is 0 Å². The Morgan fingerprint density at radius 1 is 1.19 bits per heavy atom. The van der Waals surface area contributed by atoms with Crippen LogP contribution in [-0.2, 0) is 28.6 Å². The van der Waals surface area contributed by atoms with E-state index in [1.807, 2.05) is 13.8 Å². The van der Waals surface area contributed by atoms with Crippen molar-refractivity contribution in [2.45, 2.75) is 77.0 Å². The van der Waals surface area contributed by atoms with Crippen molar-refractivity contribution in [2.75, 3.05) is 7.11 Å². The highest BCUT2D eigenvalue weighted by Gasteiger charge is 2.74. The van der Waals surface area contributed by atoms with E-state index in [9.17, 15) is 29.7 Å². The second-order valence-corrected chi connectivity index (χ2v) is 10.6. The van der Waals surface area contributed by atoms with Crippen LogP contribution in [0, 0.1) is 28.6 Å². The van der Waals surface area contributed by atoms with E-state index in [4.69, 9.17) is 14.2 Å². The molecule has 1 heterocycles. The van der Waals surface area contributed by atoms with Crippen LogP contribution in [0.2, 0.25) is 0 Å². The number of hydrogen-bond acceptors (Lipinski definition) is 9. The SMILES string of the molecule is COC(=O)[C@@H]1C2=CC(=O)O[C@]2(O)C[C@H]2[C@H]1[C@@H](OC(C)=O)C[C@@]1(O)C(C)(C)CC[C@H](O)[C@]21C. The highest BCUT2D eigenvalue weighted by Crippen LogP contribution is 2.68. The van der Waals surface area contributed by atoms with E-state index in [1.165, 1.54) is 14.0 Å². The zero-order valence-corrected chi connectivity index (χ0v) is 19.1. The first-order chi connectivity index (χ1) is 14.7. The molecule has 32 heavy (non-hydrogen) atoms. The minimum Gasteiger partial charge on any atom is -0.469 e. The third-order valence-electron chi connectivity index (χ3n) is 8.89. The fourth-order valence-electron chi connectivity index (χ4n) is 7.18. The summed E-state index contributed by atoms with van der Waals surface area (Å²) in [5.74, 6) is -6.74. The fraction of sp³-hybridized carbons (Fsp3) is 0.783. The molecule has 178 valence electrons. The van der Waals surface area contributed by atoms with Gasteiger partial charge in [-0.2, -0.15) is 0 Å². The second-order valence-electron chi connectivity index (χ2n) is 10.6. The normalized spacial score (nSPS) is 46.7. The molecule has 3 saturated carbocycles. The zero-order valence-electron chi connectivity index (χ0n) is 19.1. The number of aliphatic hydroxyl groups is 3. The number of hydrogen-bond donors (Lipinski definition) is 3. The van der Waals surface area contributed by atoms with Crippen molar-refractivity contribution in [1.82, 2.24) is 0 Å². The third kappa shape index (κ3) is 2.83. The minimum atomic E-state index is -2.07. The molecular formula is C23H32O9. The Morgan fingerprint density at radius 2 is 1.84 bits per heavy atom. The summed E-state index contributed by atoms with van der Waals surface area (Å²) in [7, 11) is 1.20. The number of esters is 3. The average Bonchev–Trinajstić information content (AvgIpc) is 2.99. The predicted octanol–water partition coefficient (Wildman–Crippen LogP) is 0.837. The number of carbonyl (C=O) groups excluding carboxylic acids is 3. The maximum Gasteiger partial charge on any atom is 0.333 e. The predicted molar refractivity (Wildman–Crippen MR) is 108 cm³/mol. The summed E-state index contributed by atoms with van der Waals surface area (Å²) in [5, 5.41) is 34.7. The number of aliphatic hydroxyl groups excluding tert-OH is 1. The van der Waals surface area contributed by atoms with E-state index in [0.29, 0.717) is 12.8 Å². The summed E-state index contributed by atoms with van der Waals surface area (Å²) in [6, 6.07) is 0. The summed E-state index contributed by atoms with van der Waals surface area (Å²) >= 11 is 0. The van der Waals surface area contributed by atoms with Gasteiger partial charge in [-0.25, -0.2) is 4.79 Å². The van der Waals surface area contributed by atoms with Crippen molar-refractivity contribution >= 4 is 17.9 Å². The maximum absolute atomic E-state index is 13.0. The van der Waals surface area contributed by atoms with Crippen molar-refractivity contribution in [3.05, 3.63) is 11.6 Å². The Hall–Kier alpha value is -1.97. The van der Waals surface area contributed by atoms with E-state index in [2.05, 4.69) is 0 Å². The van der Waals surface area contributed by atoms with Crippen LogP contribution in [0.3, 0.4) is 0 Å². The molecular weight excluding hydrogens is 420 g/mol. The van der Waals surface area contributed by atoms with Gasteiger partial charge in [-0.15, -0.1) is 0 Å². The van der Waals surface area contributed by atoms with E-state index < -0.39 is 70.1 Å². The molecule has 0 amide bonds. The van der Waals surface area contributed by atoms with Crippen LogP contribution in [0.15, 0.2) is 11.6 Å². The molecule has 3 fully saturated rings. The Bertz CT molecular complexity index is 894. The van der Waals surface area contributed by atoms with Crippen molar-refractivity contribution in [3.8, 4) is 0 Å². The Labute approximate surface area is 186 Å². The lowest BCUT2D eigenvalue weighted by molar-refractivity contribution is -0.315. The Morgan fingerprint density at radius 3 is 2.44 bits per heavy atom. The van der Waals surface area contributed by atoms with E-state index in [-0.39, 0.29) is 18.4 Å². The zero-order chi connectivity index (χ0) is 23.9. The molecule has 4 aliphatic rings. The highest BCUT2D eigenvalue weighted by atomic mass is 16.7. The molecule has 4 rings (SSSR count). The van der Waals surface area contributed by atoms with E-state index in [0.717, 1.165) is 6.08 Å². The minimum absolute atomic E-state index is 0.00229. The number of fused-ring (bicyclic) bond motifs is 4. The molecule has 0 radical (unpaired) electrons. The van der Waals surface area contributed by atoms with Crippen molar-refractivity contribution in [2.24, 2.45) is 28.6 Å². The molecule has 1 aliphatic heterocycles. The van der Waals surface area contributed by atoms with Crippen LogP contribution in [0.5, 0.6) is 0 Å². The lowest BCUT2D eigenvalue weighted by atomic mass is 9.39. The topological polar surface area (TPSA) is 140 Å². The molecule has 8 atom stereocenters. The first-order valence-electron chi connectivity index (χ1n) is 11.0. The van der Waals surface area contributed by atoms with Gasteiger partial charge in [0.15, 0.2) is 0 Å². The Balaban J connectivity index is 1.95. The molecule has 0 aromatic heterocycles. The fourth-order valence-corrected chi connectivity index (χ4v) is 7.18. The number of carbonyl (C=O) groups is 3. The highest BCUT2D eigenvalue weighted by molar-refractivity contribution is 5.90. The number of rotatable bonds is 2. The quantitative estimate of drug-likeness (QED) is 0.411. The van der Waals surface area contributed by atoms with E-state index in [1.54, 1.807) is 6.92 Å². The molecule has 0 bridgehead atoms. The van der Waals surface area contributed by atoms with Crippen molar-refractivity contribution < 1.29 is 43.9 Å². The van der Waals surface area contributed by atoms with Gasteiger partial charge in [0, 0.05) is 42.7 Å². The Kier molecular flexibility index (Phi) is 5.08. The standard InChI is InChI=1S/C23H32O9/c1-11(24)31-14-10-23(29)20(2,3)7-6-15(25)21(23,4)13-9-22(28)12(8-16(26)32-22)18(17(13)14)19(27)30-5/h8,13-15,17-18,25,28-29H,6-7,9-10H2,1-5H3/t13-,14-,15-,17-,18+,21-,22+,23+/m0/s1. The molecule has 3 N–H and O–H groups in total. The van der Waals surface area contributed by atoms with Crippen LogP contribution in [0.25, 0.3) is 0 Å². The van der Waals surface area contributed by atoms with Crippen LogP contribution >= 0.6 is 0 Å². The second kappa shape index (κ2) is 7.01. The molecule has 0 saturated heterocycles. The average molecular weight is 453 g/mol. The van der Waals surface area contributed by atoms with Gasteiger partial charge in [0.2, 0.25) is 5.79 Å². The molecule has 0 aromatic rings. The number of ether oxygens (including phenoxy) is 3. The van der Waals surface area contributed by atoms with Crippen LogP contribution < -0.4 is 0 Å². The van der Waals surface area contributed by atoms with Gasteiger partial charge in [-0.05, 0) is 24.2 Å². The lowest BCUT2D eigenvalue weighted by Gasteiger charge is -2.69.